The molecule has 0 bridgehead atoms. The maximum Gasteiger partial charge on any atom is 0.315 e. The molecule has 122 valence electrons. The highest BCUT2D eigenvalue weighted by atomic mass is 19.1. The molecule has 3 rings (SSSR count). The molecule has 0 saturated carbocycles. The van der Waals surface area contributed by atoms with E-state index in [1.165, 1.54) is 12.1 Å². The lowest BCUT2D eigenvalue weighted by Crippen LogP contribution is -2.38. The first-order valence-electron chi connectivity index (χ1n) is 7.74. The number of hydrogen-bond donors (Lipinski definition) is 2. The number of carbonyl (C=O) groups is 1. The number of anilines is 1. The Kier molecular flexibility index (Phi) is 4.80. The molecule has 0 spiro atoms. The third-order valence-corrected chi connectivity index (χ3v) is 4.06. The first-order valence-corrected chi connectivity index (χ1v) is 7.74. The molecular weight excluding hydrogens is 297 g/mol. The number of nitrogens with one attached hydrogen (secondary N) is 2. The summed E-state index contributed by atoms with van der Waals surface area (Å²) in [7, 11) is 0. The highest BCUT2D eigenvalue weighted by Crippen LogP contribution is 2.23. The van der Waals surface area contributed by atoms with Gasteiger partial charge in [0.15, 0.2) is 0 Å². The van der Waals surface area contributed by atoms with E-state index in [0.717, 1.165) is 30.8 Å². The fraction of sp³-hybridized carbons (Fsp3) is 0.353. The van der Waals surface area contributed by atoms with Crippen molar-refractivity contribution in [3.63, 3.8) is 0 Å². The van der Waals surface area contributed by atoms with E-state index in [1.54, 1.807) is 24.7 Å². The molecule has 0 aliphatic carbocycles. The second-order valence-electron chi connectivity index (χ2n) is 5.77. The minimum Gasteiger partial charge on any atom is -0.472 e. The van der Waals surface area contributed by atoms with E-state index < -0.39 is 0 Å². The summed E-state index contributed by atoms with van der Waals surface area (Å²) in [6, 6.07) is 8.18. The Labute approximate surface area is 134 Å². The predicted octanol–water partition coefficient (Wildman–Crippen LogP) is 2.74. The average molecular weight is 317 g/mol. The number of furan rings is 1. The van der Waals surface area contributed by atoms with Crippen LogP contribution < -0.4 is 15.5 Å². The van der Waals surface area contributed by atoms with Crippen molar-refractivity contribution in [3.8, 4) is 0 Å². The minimum absolute atomic E-state index is 0.175. The topological polar surface area (TPSA) is 57.5 Å². The van der Waals surface area contributed by atoms with Crippen LogP contribution >= 0.6 is 0 Å². The molecule has 1 saturated heterocycles. The first kappa shape index (κ1) is 15.4. The summed E-state index contributed by atoms with van der Waals surface area (Å²) in [5, 5.41) is 5.69. The van der Waals surface area contributed by atoms with Gasteiger partial charge in [-0.2, -0.15) is 0 Å². The molecule has 1 aliphatic rings. The number of nitrogens with zero attached hydrogens (tertiary/aromatic N) is 1. The molecule has 1 unspecified atom stereocenters. The van der Waals surface area contributed by atoms with Crippen molar-refractivity contribution < 1.29 is 13.6 Å². The Morgan fingerprint density at radius 2 is 2.09 bits per heavy atom. The number of carbonyl (C=O) groups excluding carboxylic acids is 1. The standard InChI is InChI=1S/C17H20FN3O2/c18-15-1-3-16(4-2-15)21-7-5-13(11-21)9-19-17(22)20-10-14-6-8-23-12-14/h1-4,6,8,12-13H,5,7,9-11H2,(H2,19,20,22). The Bertz CT molecular complexity index is 628. The maximum atomic E-state index is 13.0. The van der Waals surface area contributed by atoms with Crippen LogP contribution in [0.4, 0.5) is 14.9 Å². The zero-order valence-electron chi connectivity index (χ0n) is 12.8. The van der Waals surface area contributed by atoms with E-state index in [-0.39, 0.29) is 11.8 Å². The SMILES string of the molecule is O=C(NCc1ccoc1)NCC1CCN(c2ccc(F)cc2)C1. The molecular formula is C17H20FN3O2. The van der Waals surface area contributed by atoms with Crippen LogP contribution in [-0.2, 0) is 6.54 Å². The van der Waals surface area contributed by atoms with Gasteiger partial charge in [-0.15, -0.1) is 0 Å². The van der Waals surface area contributed by atoms with Gasteiger partial charge in [-0.3, -0.25) is 0 Å². The highest BCUT2D eigenvalue weighted by molar-refractivity contribution is 5.73. The lowest BCUT2D eigenvalue weighted by molar-refractivity contribution is 0.239. The smallest absolute Gasteiger partial charge is 0.315 e. The van der Waals surface area contributed by atoms with E-state index in [2.05, 4.69) is 15.5 Å². The Balaban J connectivity index is 1.39. The molecule has 2 heterocycles. The zero-order chi connectivity index (χ0) is 16.1. The normalized spacial score (nSPS) is 17.3. The summed E-state index contributed by atoms with van der Waals surface area (Å²) < 4.78 is 17.9. The van der Waals surface area contributed by atoms with Crippen molar-refractivity contribution >= 4 is 11.7 Å². The number of hydrogen-bond acceptors (Lipinski definition) is 3. The Morgan fingerprint density at radius 3 is 2.83 bits per heavy atom. The van der Waals surface area contributed by atoms with Crippen LogP contribution in [-0.4, -0.2) is 25.7 Å². The van der Waals surface area contributed by atoms with Gasteiger partial charge >= 0.3 is 6.03 Å². The molecule has 5 nitrogen and oxygen atoms in total. The molecule has 6 heteroatoms. The molecule has 1 aliphatic heterocycles. The van der Waals surface area contributed by atoms with Crippen LogP contribution in [0.25, 0.3) is 0 Å². The lowest BCUT2D eigenvalue weighted by Gasteiger charge is -2.18. The van der Waals surface area contributed by atoms with Gasteiger partial charge < -0.3 is 20.0 Å². The molecule has 23 heavy (non-hydrogen) atoms. The van der Waals surface area contributed by atoms with Gasteiger partial charge in [-0.05, 0) is 42.7 Å². The number of urea groups is 1. The van der Waals surface area contributed by atoms with Gasteiger partial charge in [0, 0.05) is 37.4 Å². The van der Waals surface area contributed by atoms with Gasteiger partial charge in [-0.1, -0.05) is 0 Å². The van der Waals surface area contributed by atoms with Crippen LogP contribution in [0.15, 0.2) is 47.3 Å². The van der Waals surface area contributed by atoms with Crippen molar-refractivity contribution in [1.82, 2.24) is 10.6 Å². The van der Waals surface area contributed by atoms with Crippen LogP contribution in [0.5, 0.6) is 0 Å². The van der Waals surface area contributed by atoms with Gasteiger partial charge in [0.2, 0.25) is 0 Å². The van der Waals surface area contributed by atoms with Crippen LogP contribution in [0.2, 0.25) is 0 Å². The van der Waals surface area contributed by atoms with Crippen molar-refractivity contribution in [2.24, 2.45) is 5.92 Å². The second kappa shape index (κ2) is 7.17. The van der Waals surface area contributed by atoms with Gasteiger partial charge in [0.1, 0.15) is 5.82 Å². The molecule has 1 atom stereocenters. The van der Waals surface area contributed by atoms with Crippen LogP contribution in [0.3, 0.4) is 0 Å². The van der Waals surface area contributed by atoms with Gasteiger partial charge in [0.05, 0.1) is 12.5 Å². The largest absolute Gasteiger partial charge is 0.472 e. The van der Waals surface area contributed by atoms with Gasteiger partial charge in [-0.25, -0.2) is 9.18 Å². The quantitative estimate of drug-likeness (QED) is 0.891. The minimum atomic E-state index is -0.222. The Morgan fingerprint density at radius 1 is 1.26 bits per heavy atom. The first-order chi connectivity index (χ1) is 11.2. The number of halogens is 1. The van der Waals surface area contributed by atoms with Gasteiger partial charge in [0.25, 0.3) is 0 Å². The summed E-state index contributed by atoms with van der Waals surface area (Å²) in [4.78, 5) is 14.0. The summed E-state index contributed by atoms with van der Waals surface area (Å²) in [6.45, 7) is 2.88. The molecule has 0 radical (unpaired) electrons. The molecule has 2 N–H and O–H groups in total. The van der Waals surface area contributed by atoms with E-state index in [1.807, 2.05) is 6.07 Å². The van der Waals surface area contributed by atoms with Crippen LogP contribution in [0.1, 0.15) is 12.0 Å². The third kappa shape index (κ3) is 4.25. The van der Waals surface area contributed by atoms with E-state index >= 15 is 0 Å². The Hall–Kier alpha value is -2.50. The monoisotopic (exact) mass is 317 g/mol. The number of amides is 2. The van der Waals surface area contributed by atoms with E-state index in [9.17, 15) is 9.18 Å². The van der Waals surface area contributed by atoms with E-state index in [4.69, 9.17) is 4.42 Å². The lowest BCUT2D eigenvalue weighted by atomic mass is 10.1. The summed E-state index contributed by atoms with van der Waals surface area (Å²) in [5.41, 5.74) is 1.96. The van der Waals surface area contributed by atoms with Crippen molar-refractivity contribution in [1.29, 1.82) is 0 Å². The number of rotatable bonds is 5. The van der Waals surface area contributed by atoms with Crippen molar-refractivity contribution in [2.75, 3.05) is 24.5 Å². The maximum absolute atomic E-state index is 13.0. The summed E-state index contributed by atoms with van der Waals surface area (Å²) in [5.74, 6) is 0.181. The molecule has 1 fully saturated rings. The third-order valence-electron chi connectivity index (χ3n) is 4.06. The second-order valence-corrected chi connectivity index (χ2v) is 5.77. The molecule has 1 aromatic heterocycles. The fourth-order valence-electron chi connectivity index (χ4n) is 2.76. The number of benzene rings is 1. The summed E-state index contributed by atoms with van der Waals surface area (Å²) in [6.07, 6.45) is 4.20. The molecule has 1 aromatic carbocycles. The molecule has 2 aromatic rings. The molecule has 2 amide bonds. The zero-order valence-corrected chi connectivity index (χ0v) is 12.8. The van der Waals surface area contributed by atoms with Crippen molar-refractivity contribution in [2.45, 2.75) is 13.0 Å². The highest BCUT2D eigenvalue weighted by Gasteiger charge is 2.23. The average Bonchev–Trinajstić information content (AvgIpc) is 3.23. The predicted molar refractivity (Wildman–Crippen MR) is 85.7 cm³/mol. The van der Waals surface area contributed by atoms with Crippen molar-refractivity contribution in [3.05, 3.63) is 54.2 Å². The fourth-order valence-corrected chi connectivity index (χ4v) is 2.76. The van der Waals surface area contributed by atoms with E-state index in [0.29, 0.717) is 19.0 Å². The summed E-state index contributed by atoms with van der Waals surface area (Å²) >= 11 is 0. The van der Waals surface area contributed by atoms with Crippen LogP contribution in [0, 0.1) is 11.7 Å².